The minimum atomic E-state index is -0.232. The van der Waals surface area contributed by atoms with Gasteiger partial charge in [-0.05, 0) is 23.6 Å². The second-order valence-corrected chi connectivity index (χ2v) is 5.11. The number of esters is 1. The molecule has 0 aromatic heterocycles. The molecule has 0 aliphatic rings. The zero-order valence-electron chi connectivity index (χ0n) is 9.21. The summed E-state index contributed by atoms with van der Waals surface area (Å²) in [7, 11) is 0. The maximum absolute atomic E-state index is 11.5. The predicted octanol–water partition coefficient (Wildman–Crippen LogP) is 3.68. The largest absolute Gasteiger partial charge is 0.426 e. The van der Waals surface area contributed by atoms with E-state index in [1.54, 1.807) is 24.3 Å². The molecule has 0 unspecified atom stereocenters. The zero-order valence-corrected chi connectivity index (χ0v) is 9.97. The van der Waals surface area contributed by atoms with E-state index in [1.807, 2.05) is 20.8 Å². The minimum Gasteiger partial charge on any atom is -0.426 e. The van der Waals surface area contributed by atoms with Gasteiger partial charge in [-0.15, -0.1) is 0 Å². The van der Waals surface area contributed by atoms with Crippen LogP contribution in [-0.2, 0) is 4.79 Å². The maximum Gasteiger partial charge on any atom is 0.311 e. The quantitative estimate of drug-likeness (QED) is 0.568. The second-order valence-electron chi connectivity index (χ2n) is 4.67. The average molecular weight is 227 g/mol. The van der Waals surface area contributed by atoms with Gasteiger partial charge in [0.1, 0.15) is 5.75 Å². The van der Waals surface area contributed by atoms with Crippen LogP contribution in [0.2, 0.25) is 5.02 Å². The molecule has 0 N–H and O–H groups in total. The molecule has 0 saturated heterocycles. The van der Waals surface area contributed by atoms with Gasteiger partial charge >= 0.3 is 5.97 Å². The fourth-order valence-electron chi connectivity index (χ4n) is 1.13. The molecule has 1 rings (SSSR count). The highest BCUT2D eigenvalue weighted by atomic mass is 35.5. The van der Waals surface area contributed by atoms with E-state index in [2.05, 4.69) is 0 Å². The first-order chi connectivity index (χ1) is 6.87. The van der Waals surface area contributed by atoms with Gasteiger partial charge in [-0.2, -0.15) is 0 Å². The van der Waals surface area contributed by atoms with Crippen molar-refractivity contribution in [2.45, 2.75) is 27.2 Å². The SMILES string of the molecule is CC(C)(C)CC(=O)Oc1cccc(Cl)c1. The van der Waals surface area contributed by atoms with Gasteiger partial charge in [0.2, 0.25) is 0 Å². The van der Waals surface area contributed by atoms with Crippen molar-refractivity contribution in [2.24, 2.45) is 5.41 Å². The van der Waals surface area contributed by atoms with Crippen LogP contribution in [0.4, 0.5) is 0 Å². The van der Waals surface area contributed by atoms with Crippen LogP contribution in [0.25, 0.3) is 0 Å². The fraction of sp³-hybridized carbons (Fsp3) is 0.417. The summed E-state index contributed by atoms with van der Waals surface area (Å²) in [4.78, 5) is 11.5. The molecule has 0 saturated carbocycles. The van der Waals surface area contributed by atoms with Crippen molar-refractivity contribution in [1.82, 2.24) is 0 Å². The Morgan fingerprint density at radius 2 is 2.07 bits per heavy atom. The van der Waals surface area contributed by atoms with Crippen molar-refractivity contribution < 1.29 is 9.53 Å². The first kappa shape index (κ1) is 12.1. The van der Waals surface area contributed by atoms with E-state index in [9.17, 15) is 4.79 Å². The first-order valence-corrected chi connectivity index (χ1v) is 5.21. The van der Waals surface area contributed by atoms with Crippen molar-refractivity contribution in [2.75, 3.05) is 0 Å². The molecule has 0 radical (unpaired) electrons. The Bertz CT molecular complexity index is 353. The molecule has 0 fully saturated rings. The van der Waals surface area contributed by atoms with Crippen molar-refractivity contribution in [3.8, 4) is 5.75 Å². The van der Waals surface area contributed by atoms with E-state index in [0.29, 0.717) is 17.2 Å². The van der Waals surface area contributed by atoms with Crippen LogP contribution in [-0.4, -0.2) is 5.97 Å². The van der Waals surface area contributed by atoms with Gasteiger partial charge in [-0.25, -0.2) is 0 Å². The monoisotopic (exact) mass is 226 g/mol. The van der Waals surface area contributed by atoms with Crippen LogP contribution >= 0.6 is 11.6 Å². The molecular weight excluding hydrogens is 212 g/mol. The number of halogens is 1. The van der Waals surface area contributed by atoms with E-state index < -0.39 is 0 Å². The molecule has 1 aromatic carbocycles. The molecule has 0 atom stereocenters. The Morgan fingerprint density at radius 3 is 2.60 bits per heavy atom. The second kappa shape index (κ2) is 4.67. The lowest BCUT2D eigenvalue weighted by molar-refractivity contribution is -0.136. The minimum absolute atomic E-state index is 0.0599. The first-order valence-electron chi connectivity index (χ1n) is 4.83. The molecule has 2 nitrogen and oxygen atoms in total. The van der Waals surface area contributed by atoms with Crippen molar-refractivity contribution in [1.29, 1.82) is 0 Å². The van der Waals surface area contributed by atoms with E-state index >= 15 is 0 Å². The number of carbonyl (C=O) groups is 1. The molecule has 0 spiro atoms. The molecule has 0 amide bonds. The van der Waals surface area contributed by atoms with Gasteiger partial charge in [-0.1, -0.05) is 38.4 Å². The van der Waals surface area contributed by atoms with Crippen LogP contribution in [0.5, 0.6) is 5.75 Å². The molecule has 1 aromatic rings. The van der Waals surface area contributed by atoms with Gasteiger partial charge in [0.05, 0.1) is 6.42 Å². The Morgan fingerprint density at radius 1 is 1.40 bits per heavy atom. The molecule has 3 heteroatoms. The van der Waals surface area contributed by atoms with Crippen LogP contribution in [0.1, 0.15) is 27.2 Å². The molecule has 0 heterocycles. The summed E-state index contributed by atoms with van der Waals surface area (Å²) in [5.41, 5.74) is -0.0599. The van der Waals surface area contributed by atoms with Crippen LogP contribution in [0, 0.1) is 5.41 Å². The van der Waals surface area contributed by atoms with Gasteiger partial charge in [0.25, 0.3) is 0 Å². The molecule has 0 aliphatic carbocycles. The standard InChI is InChI=1S/C12H15ClO2/c1-12(2,3)8-11(14)15-10-6-4-5-9(13)7-10/h4-7H,8H2,1-3H3. The van der Waals surface area contributed by atoms with Crippen LogP contribution in [0.3, 0.4) is 0 Å². The number of hydrogen-bond donors (Lipinski definition) is 0. The summed E-state index contributed by atoms with van der Waals surface area (Å²) in [6, 6.07) is 6.83. The van der Waals surface area contributed by atoms with E-state index in [1.165, 1.54) is 0 Å². The fourth-order valence-corrected chi connectivity index (χ4v) is 1.31. The number of benzene rings is 1. The van der Waals surface area contributed by atoms with Crippen LogP contribution < -0.4 is 4.74 Å². The Hall–Kier alpha value is -1.02. The third-order valence-corrected chi connectivity index (χ3v) is 1.94. The molecule has 82 valence electrons. The van der Waals surface area contributed by atoms with E-state index in [4.69, 9.17) is 16.3 Å². The summed E-state index contributed by atoms with van der Waals surface area (Å²) in [5.74, 6) is 0.265. The third kappa shape index (κ3) is 4.84. The van der Waals surface area contributed by atoms with Crippen molar-refractivity contribution in [3.05, 3.63) is 29.3 Å². The molecular formula is C12H15ClO2. The average Bonchev–Trinajstić information content (AvgIpc) is 1.99. The summed E-state index contributed by atoms with van der Waals surface area (Å²) in [5, 5.41) is 0.566. The predicted molar refractivity (Wildman–Crippen MR) is 61.2 cm³/mol. The van der Waals surface area contributed by atoms with Crippen molar-refractivity contribution >= 4 is 17.6 Å². The smallest absolute Gasteiger partial charge is 0.311 e. The summed E-state index contributed by atoms with van der Waals surface area (Å²) in [6.45, 7) is 5.98. The van der Waals surface area contributed by atoms with Gasteiger partial charge in [0.15, 0.2) is 0 Å². The lowest BCUT2D eigenvalue weighted by Crippen LogP contribution is -2.17. The topological polar surface area (TPSA) is 26.3 Å². The number of hydrogen-bond acceptors (Lipinski definition) is 2. The normalized spacial score (nSPS) is 11.2. The third-order valence-electron chi connectivity index (χ3n) is 1.70. The highest BCUT2D eigenvalue weighted by molar-refractivity contribution is 6.30. The molecule has 0 aliphatic heterocycles. The van der Waals surface area contributed by atoms with Crippen molar-refractivity contribution in [3.63, 3.8) is 0 Å². The maximum atomic E-state index is 11.5. The molecule has 0 bridgehead atoms. The Labute approximate surface area is 95.2 Å². The molecule has 15 heavy (non-hydrogen) atoms. The highest BCUT2D eigenvalue weighted by Crippen LogP contribution is 2.22. The summed E-state index contributed by atoms with van der Waals surface area (Å²) < 4.78 is 5.15. The number of rotatable bonds is 2. The van der Waals surface area contributed by atoms with Gasteiger partial charge in [0, 0.05) is 5.02 Å². The number of ether oxygens (including phenoxy) is 1. The highest BCUT2D eigenvalue weighted by Gasteiger charge is 2.17. The lowest BCUT2D eigenvalue weighted by atomic mass is 9.92. The zero-order chi connectivity index (χ0) is 11.5. The summed E-state index contributed by atoms with van der Waals surface area (Å²) >= 11 is 5.77. The lowest BCUT2D eigenvalue weighted by Gasteiger charge is -2.16. The van der Waals surface area contributed by atoms with E-state index in [0.717, 1.165) is 0 Å². The van der Waals surface area contributed by atoms with E-state index in [-0.39, 0.29) is 11.4 Å². The Balaban J connectivity index is 2.59. The number of carbonyl (C=O) groups excluding carboxylic acids is 1. The van der Waals surface area contributed by atoms with Crippen LogP contribution in [0.15, 0.2) is 24.3 Å². The Kier molecular flexibility index (Phi) is 3.75. The summed E-state index contributed by atoms with van der Waals surface area (Å²) in [6.07, 6.45) is 0.388. The van der Waals surface area contributed by atoms with Gasteiger partial charge < -0.3 is 4.74 Å². The van der Waals surface area contributed by atoms with Gasteiger partial charge in [-0.3, -0.25) is 4.79 Å².